The molecule has 2 heterocycles. The highest BCUT2D eigenvalue weighted by Gasteiger charge is 2.49. The van der Waals surface area contributed by atoms with Gasteiger partial charge in [-0.05, 0) is 75.4 Å². The highest BCUT2D eigenvalue weighted by Crippen LogP contribution is 2.48. The second-order valence-corrected chi connectivity index (χ2v) is 7.46. The number of aromatic carboxylic acids is 1. The summed E-state index contributed by atoms with van der Waals surface area (Å²) in [7, 11) is 0. The van der Waals surface area contributed by atoms with E-state index in [1.165, 1.54) is 6.07 Å². The number of benzene rings is 1. The number of carboxylic acids is 1. The first-order valence-electron chi connectivity index (χ1n) is 9.19. The molecule has 4 rings (SSSR count). The van der Waals surface area contributed by atoms with Gasteiger partial charge >= 0.3 is 5.97 Å². The summed E-state index contributed by atoms with van der Waals surface area (Å²) in [6, 6.07) is 8.74. The number of carboxylic acid groups (broad SMARTS) is 1. The van der Waals surface area contributed by atoms with E-state index in [1.807, 2.05) is 26.0 Å². The Morgan fingerprint density at radius 2 is 1.96 bits per heavy atom. The van der Waals surface area contributed by atoms with Crippen molar-refractivity contribution < 1.29 is 19.4 Å². The third-order valence-electron chi connectivity index (χ3n) is 5.72. The van der Waals surface area contributed by atoms with Gasteiger partial charge in [0, 0.05) is 11.4 Å². The van der Waals surface area contributed by atoms with Crippen LogP contribution in [0.1, 0.15) is 53.0 Å². The molecule has 1 aliphatic carbocycles. The number of aromatic nitrogens is 1. The van der Waals surface area contributed by atoms with Crippen LogP contribution in [0.25, 0.3) is 0 Å². The van der Waals surface area contributed by atoms with Gasteiger partial charge in [0.2, 0.25) is 5.91 Å². The van der Waals surface area contributed by atoms with Gasteiger partial charge in [-0.25, -0.2) is 4.79 Å². The van der Waals surface area contributed by atoms with E-state index in [0.717, 1.165) is 41.2 Å². The summed E-state index contributed by atoms with van der Waals surface area (Å²) < 4.78 is 6.14. The Hall–Kier alpha value is -2.89. The van der Waals surface area contributed by atoms with Crippen LogP contribution in [0, 0.1) is 13.8 Å². The smallest absolute Gasteiger partial charge is 0.335 e. The van der Waals surface area contributed by atoms with Gasteiger partial charge in [-0.2, -0.15) is 0 Å². The maximum Gasteiger partial charge on any atom is 0.335 e. The minimum Gasteiger partial charge on any atom is -0.489 e. The van der Waals surface area contributed by atoms with E-state index in [2.05, 4.69) is 10.3 Å². The lowest BCUT2D eigenvalue weighted by molar-refractivity contribution is -0.122. The number of rotatable bonds is 3. The van der Waals surface area contributed by atoms with Gasteiger partial charge in [0.25, 0.3) is 0 Å². The number of fused-ring (bicyclic) bond motifs is 2. The molecule has 1 fully saturated rings. The largest absolute Gasteiger partial charge is 0.489 e. The van der Waals surface area contributed by atoms with E-state index < -0.39 is 11.4 Å². The maximum atomic E-state index is 12.7. The Balaban J connectivity index is 1.54. The Morgan fingerprint density at radius 3 is 2.63 bits per heavy atom. The third kappa shape index (κ3) is 2.95. The van der Waals surface area contributed by atoms with Gasteiger partial charge in [0.1, 0.15) is 5.75 Å². The fourth-order valence-corrected chi connectivity index (χ4v) is 4.22. The van der Waals surface area contributed by atoms with Crippen molar-refractivity contribution in [3.63, 3.8) is 0 Å². The van der Waals surface area contributed by atoms with Crippen LogP contribution in [0.4, 0.5) is 5.69 Å². The summed E-state index contributed by atoms with van der Waals surface area (Å²) in [5.74, 6) is -0.232. The zero-order valence-electron chi connectivity index (χ0n) is 15.4. The molecule has 2 aromatic rings. The molecule has 0 bridgehead atoms. The monoisotopic (exact) mass is 366 g/mol. The fourth-order valence-electron chi connectivity index (χ4n) is 4.22. The first-order chi connectivity index (χ1) is 12.9. The molecule has 1 aromatic heterocycles. The number of nitrogens with zero attached hydrogens (tertiary/aromatic N) is 1. The summed E-state index contributed by atoms with van der Waals surface area (Å²) in [4.78, 5) is 28.5. The molecule has 6 heteroatoms. The van der Waals surface area contributed by atoms with Crippen molar-refractivity contribution in [2.24, 2.45) is 0 Å². The van der Waals surface area contributed by atoms with Crippen molar-refractivity contribution in [2.75, 3.05) is 5.32 Å². The highest BCUT2D eigenvalue weighted by atomic mass is 16.5. The van der Waals surface area contributed by atoms with Crippen LogP contribution < -0.4 is 10.1 Å². The molecule has 2 N–H and O–H groups in total. The summed E-state index contributed by atoms with van der Waals surface area (Å²) in [5.41, 5.74) is 2.91. The van der Waals surface area contributed by atoms with E-state index in [4.69, 9.17) is 4.74 Å². The predicted molar refractivity (Wildman–Crippen MR) is 100 cm³/mol. The van der Waals surface area contributed by atoms with E-state index >= 15 is 0 Å². The second kappa shape index (κ2) is 6.37. The molecule has 0 atom stereocenters. The number of ether oxygens (including phenoxy) is 1. The Kier molecular flexibility index (Phi) is 4.13. The summed E-state index contributed by atoms with van der Waals surface area (Å²) >= 11 is 0. The number of anilines is 1. The molecule has 1 saturated carbocycles. The molecule has 0 unspecified atom stereocenters. The van der Waals surface area contributed by atoms with Gasteiger partial charge < -0.3 is 15.2 Å². The number of hydrogen-bond acceptors (Lipinski definition) is 4. The van der Waals surface area contributed by atoms with Crippen molar-refractivity contribution in [2.45, 2.75) is 51.0 Å². The number of aryl methyl sites for hydroxylation is 2. The molecule has 1 spiro atoms. The molecule has 140 valence electrons. The lowest BCUT2D eigenvalue weighted by atomic mass is 9.69. The van der Waals surface area contributed by atoms with Crippen LogP contribution in [0.3, 0.4) is 0 Å². The van der Waals surface area contributed by atoms with Crippen molar-refractivity contribution in [1.82, 2.24) is 4.98 Å². The topological polar surface area (TPSA) is 88.5 Å². The molecule has 2 aliphatic rings. The first kappa shape index (κ1) is 17.5. The minimum absolute atomic E-state index is 0.0262. The molecule has 0 radical (unpaired) electrons. The van der Waals surface area contributed by atoms with Crippen LogP contribution in [0.2, 0.25) is 0 Å². The molecule has 1 amide bonds. The molecule has 6 nitrogen and oxygen atoms in total. The van der Waals surface area contributed by atoms with Gasteiger partial charge in [-0.15, -0.1) is 0 Å². The van der Waals surface area contributed by atoms with E-state index in [0.29, 0.717) is 12.8 Å². The quantitative estimate of drug-likeness (QED) is 0.866. The van der Waals surface area contributed by atoms with Crippen molar-refractivity contribution in [1.29, 1.82) is 0 Å². The van der Waals surface area contributed by atoms with Gasteiger partial charge in [-0.1, -0.05) is 0 Å². The third-order valence-corrected chi connectivity index (χ3v) is 5.72. The van der Waals surface area contributed by atoms with Gasteiger partial charge in [0.05, 0.1) is 22.8 Å². The predicted octanol–water partition coefficient (Wildman–Crippen LogP) is 3.61. The van der Waals surface area contributed by atoms with Gasteiger partial charge in [-0.3, -0.25) is 9.78 Å². The maximum absolute atomic E-state index is 12.7. The van der Waals surface area contributed by atoms with Crippen LogP contribution in [0.5, 0.6) is 5.75 Å². The Bertz CT molecular complexity index is 930. The molecular formula is C21H22N2O4. The molecule has 1 aromatic carbocycles. The average Bonchev–Trinajstić information content (AvgIpc) is 2.90. The zero-order chi connectivity index (χ0) is 19.2. The van der Waals surface area contributed by atoms with E-state index in [9.17, 15) is 14.7 Å². The van der Waals surface area contributed by atoms with Crippen LogP contribution in [-0.2, 0) is 10.2 Å². The standard InChI is InChI=1S/C21H22N2O4/c1-12-3-6-18(13(2)22-12)27-15-7-9-21(10-8-15)16-11-14(19(24)25)4-5-17(16)23-20(21)26/h3-6,11,15H,7-10H2,1-2H3,(H,23,26)(H,24,25). The number of pyridine rings is 1. The number of hydrogen-bond donors (Lipinski definition) is 2. The molecule has 1 aliphatic heterocycles. The van der Waals surface area contributed by atoms with E-state index in [1.54, 1.807) is 12.1 Å². The Morgan fingerprint density at radius 1 is 1.22 bits per heavy atom. The van der Waals surface area contributed by atoms with Crippen molar-refractivity contribution in [3.8, 4) is 5.75 Å². The average molecular weight is 366 g/mol. The van der Waals surface area contributed by atoms with E-state index in [-0.39, 0.29) is 17.6 Å². The fraction of sp³-hybridized carbons (Fsp3) is 0.381. The number of carbonyl (C=O) groups excluding carboxylic acids is 1. The van der Waals surface area contributed by atoms with Crippen LogP contribution in [-0.4, -0.2) is 28.1 Å². The molecule has 0 saturated heterocycles. The lowest BCUT2D eigenvalue weighted by Crippen LogP contribution is -2.41. The minimum atomic E-state index is -0.980. The van der Waals surface area contributed by atoms with Gasteiger partial charge in [0.15, 0.2) is 0 Å². The zero-order valence-corrected chi connectivity index (χ0v) is 15.4. The normalized spacial score (nSPS) is 23.8. The molecule has 27 heavy (non-hydrogen) atoms. The lowest BCUT2D eigenvalue weighted by Gasteiger charge is -2.36. The van der Waals surface area contributed by atoms with Crippen molar-refractivity contribution >= 4 is 17.6 Å². The van der Waals surface area contributed by atoms with Crippen molar-refractivity contribution in [3.05, 3.63) is 52.8 Å². The number of amides is 1. The second-order valence-electron chi connectivity index (χ2n) is 7.46. The molecular weight excluding hydrogens is 344 g/mol. The summed E-state index contributed by atoms with van der Waals surface area (Å²) in [6.07, 6.45) is 2.77. The number of nitrogens with one attached hydrogen (secondary N) is 1. The highest BCUT2D eigenvalue weighted by molar-refractivity contribution is 6.07. The SMILES string of the molecule is Cc1ccc(OC2CCC3(CC2)C(=O)Nc2ccc(C(=O)O)cc23)c(C)n1. The summed E-state index contributed by atoms with van der Waals surface area (Å²) in [6.45, 7) is 3.88. The summed E-state index contributed by atoms with van der Waals surface area (Å²) in [5, 5.41) is 12.2. The van der Waals surface area contributed by atoms with Crippen LogP contribution in [0.15, 0.2) is 30.3 Å². The Labute approximate surface area is 157 Å². The number of carbonyl (C=O) groups is 2. The first-order valence-corrected chi connectivity index (χ1v) is 9.19. The van der Waals surface area contributed by atoms with Crippen LogP contribution >= 0.6 is 0 Å².